The van der Waals surface area contributed by atoms with Crippen molar-refractivity contribution >= 4 is 5.91 Å². The zero-order valence-electron chi connectivity index (χ0n) is 13.3. The third-order valence-electron chi connectivity index (χ3n) is 4.63. The molecule has 0 unspecified atom stereocenters. The number of amides is 1. The molecule has 3 rings (SSSR count). The summed E-state index contributed by atoms with van der Waals surface area (Å²) >= 11 is 0. The van der Waals surface area contributed by atoms with Crippen molar-refractivity contribution in [3.8, 4) is 0 Å². The highest BCUT2D eigenvalue weighted by atomic mass is 16.5. The number of pyridine rings is 1. The third kappa shape index (κ3) is 3.84. The number of rotatable bonds is 4. The molecular weight excluding hydrogens is 278 g/mol. The van der Waals surface area contributed by atoms with E-state index >= 15 is 0 Å². The van der Waals surface area contributed by atoms with Crippen molar-refractivity contribution in [1.82, 2.24) is 15.2 Å². The van der Waals surface area contributed by atoms with E-state index in [1.165, 1.54) is 12.8 Å². The van der Waals surface area contributed by atoms with Gasteiger partial charge in [-0.15, -0.1) is 0 Å². The summed E-state index contributed by atoms with van der Waals surface area (Å²) in [5, 5.41) is 3.13. The first-order chi connectivity index (χ1) is 10.7. The van der Waals surface area contributed by atoms with E-state index in [1.807, 2.05) is 19.1 Å². The first kappa shape index (κ1) is 15.4. The number of nitrogens with zero attached hydrogens (tertiary/aromatic N) is 2. The number of hydrogen-bond donors (Lipinski definition) is 1. The van der Waals surface area contributed by atoms with E-state index in [4.69, 9.17) is 4.74 Å². The summed E-state index contributed by atoms with van der Waals surface area (Å²) in [6.07, 6.45) is 6.49. The van der Waals surface area contributed by atoms with Gasteiger partial charge in [-0.25, -0.2) is 0 Å². The van der Waals surface area contributed by atoms with Gasteiger partial charge in [-0.1, -0.05) is 6.07 Å². The topological polar surface area (TPSA) is 54.5 Å². The Morgan fingerprint density at radius 1 is 1.41 bits per heavy atom. The van der Waals surface area contributed by atoms with Crippen LogP contribution in [0.4, 0.5) is 0 Å². The van der Waals surface area contributed by atoms with Crippen LogP contribution in [0.5, 0.6) is 0 Å². The average Bonchev–Trinajstić information content (AvgIpc) is 3.02. The predicted octanol–water partition coefficient (Wildman–Crippen LogP) is 1.76. The Kier molecular flexibility index (Phi) is 5.05. The van der Waals surface area contributed by atoms with E-state index in [-0.39, 0.29) is 11.9 Å². The molecule has 2 aliphatic rings. The number of likely N-dealkylation sites (tertiary alicyclic amines) is 1. The van der Waals surface area contributed by atoms with E-state index in [0.29, 0.717) is 11.8 Å². The van der Waals surface area contributed by atoms with Gasteiger partial charge in [0, 0.05) is 38.5 Å². The zero-order chi connectivity index (χ0) is 15.4. The van der Waals surface area contributed by atoms with Gasteiger partial charge in [0.25, 0.3) is 5.91 Å². The van der Waals surface area contributed by atoms with Crippen molar-refractivity contribution in [2.45, 2.75) is 44.8 Å². The minimum Gasteiger partial charge on any atom is -0.377 e. The molecule has 120 valence electrons. The number of carbonyl (C=O) groups excluding carboxylic acids is 1. The molecule has 3 heterocycles. The standard InChI is InChI=1S/C17H25N3O2/c1-13-4-2-8-18-16(13)17(21)19-14-6-9-20(10-7-14)12-15-5-3-11-22-15/h2,4,8,14-15H,3,5-7,9-12H2,1H3,(H,19,21)/t15-/m1/s1. The van der Waals surface area contributed by atoms with Gasteiger partial charge in [-0.2, -0.15) is 0 Å². The van der Waals surface area contributed by atoms with E-state index in [0.717, 1.165) is 44.6 Å². The van der Waals surface area contributed by atoms with E-state index in [1.54, 1.807) is 6.20 Å². The Hall–Kier alpha value is -1.46. The minimum atomic E-state index is -0.0457. The quantitative estimate of drug-likeness (QED) is 0.921. The Labute approximate surface area is 132 Å². The average molecular weight is 303 g/mol. The molecule has 1 N–H and O–H groups in total. The second-order valence-corrected chi connectivity index (χ2v) is 6.35. The molecule has 0 saturated carbocycles. The summed E-state index contributed by atoms with van der Waals surface area (Å²) in [6, 6.07) is 4.04. The molecule has 5 nitrogen and oxygen atoms in total. The first-order valence-electron chi connectivity index (χ1n) is 8.29. The molecule has 1 amide bonds. The van der Waals surface area contributed by atoms with Crippen molar-refractivity contribution in [2.24, 2.45) is 0 Å². The Morgan fingerprint density at radius 2 is 2.23 bits per heavy atom. The van der Waals surface area contributed by atoms with Crippen LogP contribution in [0.3, 0.4) is 0 Å². The fourth-order valence-electron chi connectivity index (χ4n) is 3.31. The van der Waals surface area contributed by atoms with Gasteiger partial charge in [0.1, 0.15) is 5.69 Å². The van der Waals surface area contributed by atoms with Gasteiger partial charge in [-0.05, 0) is 44.2 Å². The molecule has 22 heavy (non-hydrogen) atoms. The smallest absolute Gasteiger partial charge is 0.270 e. The van der Waals surface area contributed by atoms with Crippen molar-refractivity contribution in [2.75, 3.05) is 26.2 Å². The fourth-order valence-corrected chi connectivity index (χ4v) is 3.31. The highest BCUT2D eigenvalue weighted by Crippen LogP contribution is 2.17. The molecule has 0 spiro atoms. The summed E-state index contributed by atoms with van der Waals surface area (Å²) in [4.78, 5) is 18.9. The monoisotopic (exact) mass is 303 g/mol. The lowest BCUT2D eigenvalue weighted by molar-refractivity contribution is 0.0612. The molecule has 1 aromatic heterocycles. The second kappa shape index (κ2) is 7.20. The highest BCUT2D eigenvalue weighted by Gasteiger charge is 2.25. The maximum Gasteiger partial charge on any atom is 0.270 e. The van der Waals surface area contributed by atoms with Gasteiger partial charge < -0.3 is 15.0 Å². The number of nitrogens with one attached hydrogen (secondary N) is 1. The number of ether oxygens (including phenoxy) is 1. The number of aromatic nitrogens is 1. The normalized spacial score (nSPS) is 23.6. The number of aryl methyl sites for hydroxylation is 1. The van der Waals surface area contributed by atoms with Crippen LogP contribution in [0.15, 0.2) is 18.3 Å². The number of carbonyl (C=O) groups is 1. The molecular formula is C17H25N3O2. The molecule has 0 bridgehead atoms. The highest BCUT2D eigenvalue weighted by molar-refractivity contribution is 5.93. The number of piperidine rings is 1. The SMILES string of the molecule is Cc1cccnc1C(=O)NC1CCN(C[C@H]2CCCO2)CC1. The summed E-state index contributed by atoms with van der Waals surface area (Å²) in [6.45, 7) is 5.95. The lowest BCUT2D eigenvalue weighted by Gasteiger charge is -2.33. The van der Waals surface area contributed by atoms with Gasteiger partial charge in [0.15, 0.2) is 0 Å². The van der Waals surface area contributed by atoms with Gasteiger partial charge in [0.2, 0.25) is 0 Å². The van der Waals surface area contributed by atoms with Crippen LogP contribution in [0.1, 0.15) is 41.7 Å². The molecule has 5 heteroatoms. The molecule has 2 saturated heterocycles. The van der Waals surface area contributed by atoms with E-state index < -0.39 is 0 Å². The van der Waals surface area contributed by atoms with Crippen LogP contribution >= 0.6 is 0 Å². The molecule has 2 aliphatic heterocycles. The van der Waals surface area contributed by atoms with Crippen LogP contribution in [0, 0.1) is 6.92 Å². The Bertz CT molecular complexity index is 506. The lowest BCUT2D eigenvalue weighted by atomic mass is 10.0. The van der Waals surface area contributed by atoms with Crippen LogP contribution in [0.2, 0.25) is 0 Å². The summed E-state index contributed by atoms with van der Waals surface area (Å²) < 4.78 is 5.70. The molecule has 1 atom stereocenters. The van der Waals surface area contributed by atoms with Crippen LogP contribution in [-0.2, 0) is 4.74 Å². The first-order valence-corrected chi connectivity index (χ1v) is 8.29. The van der Waals surface area contributed by atoms with Gasteiger partial charge in [0.05, 0.1) is 6.10 Å². The molecule has 2 fully saturated rings. The molecule has 1 aromatic rings. The van der Waals surface area contributed by atoms with Crippen molar-refractivity contribution in [1.29, 1.82) is 0 Å². The molecule has 0 radical (unpaired) electrons. The van der Waals surface area contributed by atoms with Crippen LogP contribution in [-0.4, -0.2) is 54.2 Å². The predicted molar refractivity (Wildman–Crippen MR) is 84.9 cm³/mol. The molecule has 0 aromatic carbocycles. The fraction of sp³-hybridized carbons (Fsp3) is 0.647. The van der Waals surface area contributed by atoms with Gasteiger partial charge >= 0.3 is 0 Å². The van der Waals surface area contributed by atoms with E-state index in [2.05, 4.69) is 15.2 Å². The Morgan fingerprint density at radius 3 is 2.91 bits per heavy atom. The lowest BCUT2D eigenvalue weighted by Crippen LogP contribution is -2.46. The van der Waals surface area contributed by atoms with Gasteiger partial charge in [-0.3, -0.25) is 9.78 Å². The second-order valence-electron chi connectivity index (χ2n) is 6.35. The summed E-state index contributed by atoms with van der Waals surface area (Å²) in [5.41, 5.74) is 1.47. The van der Waals surface area contributed by atoms with E-state index in [9.17, 15) is 4.79 Å². The summed E-state index contributed by atoms with van der Waals surface area (Å²) in [7, 11) is 0. The zero-order valence-corrected chi connectivity index (χ0v) is 13.3. The molecule has 0 aliphatic carbocycles. The third-order valence-corrected chi connectivity index (χ3v) is 4.63. The minimum absolute atomic E-state index is 0.0457. The summed E-state index contributed by atoms with van der Waals surface area (Å²) in [5.74, 6) is -0.0457. The Balaban J connectivity index is 1.45. The van der Waals surface area contributed by atoms with Crippen molar-refractivity contribution in [3.63, 3.8) is 0 Å². The van der Waals surface area contributed by atoms with Crippen molar-refractivity contribution in [3.05, 3.63) is 29.6 Å². The van der Waals surface area contributed by atoms with Crippen molar-refractivity contribution < 1.29 is 9.53 Å². The van der Waals surface area contributed by atoms with Crippen LogP contribution in [0.25, 0.3) is 0 Å². The number of hydrogen-bond acceptors (Lipinski definition) is 4. The largest absolute Gasteiger partial charge is 0.377 e. The van der Waals surface area contributed by atoms with Crippen LogP contribution < -0.4 is 5.32 Å². The maximum absolute atomic E-state index is 12.3. The maximum atomic E-state index is 12.3.